The molecule has 0 atom stereocenters. The lowest BCUT2D eigenvalue weighted by Crippen LogP contribution is -2.06. The average Bonchev–Trinajstić information content (AvgIpc) is 2.12. The number of hydrogen-bond acceptors (Lipinski definition) is 3. The Morgan fingerprint density at radius 3 is 2.50 bits per heavy atom. The Bertz CT molecular complexity index is 378. The van der Waals surface area contributed by atoms with Crippen LogP contribution in [0.1, 0.15) is 6.42 Å². The van der Waals surface area contributed by atoms with E-state index in [1.165, 1.54) is 0 Å². The molecule has 5 heteroatoms. The number of nitriles is 1. The van der Waals surface area contributed by atoms with Crippen LogP contribution in [0, 0.1) is 11.3 Å². The van der Waals surface area contributed by atoms with Crippen molar-refractivity contribution in [2.75, 3.05) is 0 Å². The van der Waals surface area contributed by atoms with E-state index in [0.717, 1.165) is 0 Å². The summed E-state index contributed by atoms with van der Waals surface area (Å²) in [5.74, 6) is -0.585. The molecule has 0 N–H and O–H groups in total. The van der Waals surface area contributed by atoms with Gasteiger partial charge in [-0.25, -0.2) is 0 Å². The molecule has 1 rings (SSSR count). The van der Waals surface area contributed by atoms with Crippen LogP contribution in [0.3, 0.4) is 0 Å². The van der Waals surface area contributed by atoms with E-state index in [4.69, 9.17) is 33.2 Å². The second-order valence-corrected chi connectivity index (χ2v) is 3.17. The maximum absolute atomic E-state index is 11.0. The molecule has 1 aromatic rings. The summed E-state index contributed by atoms with van der Waals surface area (Å²) in [6.45, 7) is 0. The minimum Gasteiger partial charge on any atom is -0.423 e. The van der Waals surface area contributed by atoms with Crippen LogP contribution in [-0.4, -0.2) is 5.97 Å². The molecule has 0 heterocycles. The number of benzene rings is 1. The zero-order chi connectivity index (χ0) is 10.6. The molecule has 0 radical (unpaired) electrons. The number of esters is 1. The molecule has 14 heavy (non-hydrogen) atoms. The van der Waals surface area contributed by atoms with Gasteiger partial charge >= 0.3 is 5.97 Å². The molecule has 1 aromatic carbocycles. The van der Waals surface area contributed by atoms with Crippen LogP contribution < -0.4 is 4.74 Å². The van der Waals surface area contributed by atoms with Crippen LogP contribution in [0.4, 0.5) is 0 Å². The van der Waals surface area contributed by atoms with Gasteiger partial charge < -0.3 is 4.74 Å². The van der Waals surface area contributed by atoms with Gasteiger partial charge in [0.2, 0.25) is 0 Å². The highest BCUT2D eigenvalue weighted by Crippen LogP contribution is 2.32. The van der Waals surface area contributed by atoms with Gasteiger partial charge in [0.05, 0.1) is 16.1 Å². The maximum atomic E-state index is 11.0. The molecule has 0 saturated carbocycles. The monoisotopic (exact) mass is 229 g/mol. The minimum absolute atomic E-state index is 0.0936. The van der Waals surface area contributed by atoms with Crippen LogP contribution in [0.5, 0.6) is 5.75 Å². The molecule has 0 unspecified atom stereocenters. The first-order valence-electron chi connectivity index (χ1n) is 3.67. The lowest BCUT2D eigenvalue weighted by atomic mass is 10.3. The molecule has 0 aliphatic carbocycles. The number of para-hydroxylation sites is 1. The fourth-order valence-electron chi connectivity index (χ4n) is 0.795. The van der Waals surface area contributed by atoms with Crippen molar-refractivity contribution in [3.63, 3.8) is 0 Å². The van der Waals surface area contributed by atoms with Gasteiger partial charge in [0, 0.05) is 0 Å². The maximum Gasteiger partial charge on any atom is 0.325 e. The van der Waals surface area contributed by atoms with Crippen LogP contribution in [-0.2, 0) is 4.79 Å². The topological polar surface area (TPSA) is 50.1 Å². The quantitative estimate of drug-likeness (QED) is 0.579. The van der Waals surface area contributed by atoms with Crippen LogP contribution >= 0.6 is 23.2 Å². The summed E-state index contributed by atoms with van der Waals surface area (Å²) in [6, 6.07) is 6.39. The Labute approximate surface area is 90.8 Å². The van der Waals surface area contributed by atoms with Crippen LogP contribution in [0.2, 0.25) is 10.0 Å². The number of carbonyl (C=O) groups excluding carboxylic acids is 1. The lowest BCUT2D eigenvalue weighted by molar-refractivity contribution is -0.133. The summed E-state index contributed by atoms with van der Waals surface area (Å²) >= 11 is 11.5. The van der Waals surface area contributed by atoms with E-state index in [2.05, 4.69) is 0 Å². The molecule has 3 nitrogen and oxygen atoms in total. The summed E-state index contributed by atoms with van der Waals surface area (Å²) in [5.41, 5.74) is 0. The highest BCUT2D eigenvalue weighted by molar-refractivity contribution is 6.37. The van der Waals surface area contributed by atoms with Crippen LogP contribution in [0.15, 0.2) is 18.2 Å². The summed E-state index contributed by atoms with van der Waals surface area (Å²) in [4.78, 5) is 11.0. The number of rotatable bonds is 2. The highest BCUT2D eigenvalue weighted by Gasteiger charge is 2.11. The third kappa shape index (κ3) is 2.63. The van der Waals surface area contributed by atoms with Gasteiger partial charge in [-0.1, -0.05) is 29.3 Å². The first-order chi connectivity index (χ1) is 6.65. The van der Waals surface area contributed by atoms with Gasteiger partial charge in [0.15, 0.2) is 5.75 Å². The molecule has 0 fully saturated rings. The normalized spacial score (nSPS) is 9.21. The molecule has 0 spiro atoms. The lowest BCUT2D eigenvalue weighted by Gasteiger charge is -2.05. The standard InChI is InChI=1S/C9H5Cl2NO2/c10-6-2-1-3-7(11)9(6)14-8(13)4-5-12/h1-3H,4H2. The van der Waals surface area contributed by atoms with E-state index < -0.39 is 5.97 Å². The summed E-state index contributed by atoms with van der Waals surface area (Å²) < 4.78 is 4.79. The fraction of sp³-hybridized carbons (Fsp3) is 0.111. The van der Waals surface area contributed by atoms with Crippen LogP contribution in [0.25, 0.3) is 0 Å². The summed E-state index contributed by atoms with van der Waals surface area (Å²) in [5, 5.41) is 8.72. The number of halogens is 2. The molecule has 0 amide bonds. The average molecular weight is 230 g/mol. The van der Waals surface area contributed by atoms with Crippen molar-refractivity contribution in [1.29, 1.82) is 5.26 Å². The largest absolute Gasteiger partial charge is 0.423 e. The Kier molecular flexibility index (Phi) is 3.75. The van der Waals surface area contributed by atoms with Gasteiger partial charge in [0.25, 0.3) is 0 Å². The van der Waals surface area contributed by atoms with Gasteiger partial charge in [0.1, 0.15) is 6.42 Å². The van der Waals surface area contributed by atoms with Crippen molar-refractivity contribution >= 4 is 29.2 Å². The zero-order valence-corrected chi connectivity index (χ0v) is 8.47. The summed E-state index contributed by atoms with van der Waals surface area (Å²) in [7, 11) is 0. The molecule has 0 aromatic heterocycles. The molecule has 0 aliphatic heterocycles. The third-order valence-electron chi connectivity index (χ3n) is 1.36. The van der Waals surface area contributed by atoms with Crippen molar-refractivity contribution in [2.45, 2.75) is 6.42 Å². The molecular weight excluding hydrogens is 225 g/mol. The Morgan fingerprint density at radius 2 is 2.00 bits per heavy atom. The molecule has 72 valence electrons. The first kappa shape index (κ1) is 10.8. The van der Waals surface area contributed by atoms with Crippen molar-refractivity contribution in [3.05, 3.63) is 28.2 Å². The number of nitrogens with zero attached hydrogens (tertiary/aromatic N) is 1. The Hall–Kier alpha value is -1.24. The molecular formula is C9H5Cl2NO2. The fourth-order valence-corrected chi connectivity index (χ4v) is 1.27. The van der Waals surface area contributed by atoms with E-state index in [9.17, 15) is 4.79 Å². The molecule has 0 aliphatic rings. The molecule has 0 bridgehead atoms. The van der Waals surface area contributed by atoms with E-state index in [-0.39, 0.29) is 22.2 Å². The van der Waals surface area contributed by atoms with Gasteiger partial charge in [-0.3, -0.25) is 4.79 Å². The number of hydrogen-bond donors (Lipinski definition) is 0. The van der Waals surface area contributed by atoms with Crippen molar-refractivity contribution in [3.8, 4) is 11.8 Å². The van der Waals surface area contributed by atoms with E-state index >= 15 is 0 Å². The van der Waals surface area contributed by atoms with Crippen molar-refractivity contribution < 1.29 is 9.53 Å². The van der Waals surface area contributed by atoms with E-state index in [1.807, 2.05) is 0 Å². The van der Waals surface area contributed by atoms with E-state index in [1.54, 1.807) is 24.3 Å². The number of ether oxygens (including phenoxy) is 1. The second kappa shape index (κ2) is 4.85. The van der Waals surface area contributed by atoms with Crippen molar-refractivity contribution in [2.24, 2.45) is 0 Å². The zero-order valence-electron chi connectivity index (χ0n) is 6.96. The minimum atomic E-state index is -0.678. The first-order valence-corrected chi connectivity index (χ1v) is 4.42. The van der Waals surface area contributed by atoms with Gasteiger partial charge in [-0.15, -0.1) is 0 Å². The SMILES string of the molecule is N#CCC(=O)Oc1c(Cl)cccc1Cl. The predicted molar refractivity (Wildman–Crippen MR) is 52.3 cm³/mol. The van der Waals surface area contributed by atoms with Crippen molar-refractivity contribution in [1.82, 2.24) is 0 Å². The molecule has 0 saturated heterocycles. The van der Waals surface area contributed by atoms with E-state index in [0.29, 0.717) is 0 Å². The Balaban J connectivity index is 2.87. The second-order valence-electron chi connectivity index (χ2n) is 2.36. The summed E-state index contributed by atoms with van der Waals surface area (Å²) in [6.07, 6.45) is -0.332. The Morgan fingerprint density at radius 1 is 1.43 bits per heavy atom. The van der Waals surface area contributed by atoms with Gasteiger partial charge in [-0.05, 0) is 12.1 Å². The predicted octanol–water partition coefficient (Wildman–Crippen LogP) is 2.81. The number of carbonyl (C=O) groups is 1. The van der Waals surface area contributed by atoms with Gasteiger partial charge in [-0.2, -0.15) is 5.26 Å². The third-order valence-corrected chi connectivity index (χ3v) is 1.95. The smallest absolute Gasteiger partial charge is 0.325 e. The highest BCUT2D eigenvalue weighted by atomic mass is 35.5.